The van der Waals surface area contributed by atoms with Gasteiger partial charge in [0.1, 0.15) is 6.04 Å². The highest BCUT2D eigenvalue weighted by Crippen LogP contribution is 2.26. The van der Waals surface area contributed by atoms with Crippen molar-refractivity contribution < 1.29 is 14.7 Å². The number of aliphatic carboxylic acids is 1. The van der Waals surface area contributed by atoms with Crippen molar-refractivity contribution in [3.8, 4) is 0 Å². The maximum absolute atomic E-state index is 13.0. The first-order valence-electron chi connectivity index (χ1n) is 7.69. The zero-order chi connectivity index (χ0) is 16.7. The van der Waals surface area contributed by atoms with E-state index in [2.05, 4.69) is 10.2 Å². The van der Waals surface area contributed by atoms with Gasteiger partial charge >= 0.3 is 5.97 Å². The summed E-state index contributed by atoms with van der Waals surface area (Å²) in [5, 5.41) is 17.2. The summed E-state index contributed by atoms with van der Waals surface area (Å²) in [6.07, 6.45) is 0.305. The zero-order valence-electron chi connectivity index (χ0n) is 12.8. The second kappa shape index (κ2) is 5.49. The molecule has 4 rings (SSSR count). The van der Waals surface area contributed by atoms with Gasteiger partial charge in [0.05, 0.1) is 5.52 Å². The topological polar surface area (TPSA) is 86.3 Å². The minimum absolute atomic E-state index is 0.260. The predicted molar refractivity (Wildman–Crippen MR) is 87.5 cm³/mol. The van der Waals surface area contributed by atoms with Crippen LogP contribution in [0, 0.1) is 0 Å². The lowest BCUT2D eigenvalue weighted by atomic mass is 9.93. The fourth-order valence-corrected chi connectivity index (χ4v) is 3.22. The number of carboxylic acids is 1. The first-order chi connectivity index (χ1) is 11.6. The molecule has 0 unspecified atom stereocenters. The number of carboxylic acid groups (broad SMARTS) is 1. The van der Waals surface area contributed by atoms with E-state index in [0.717, 1.165) is 16.6 Å². The standard InChI is InChI=1S/C18H15N3O3/c22-17(16-13-7-3-4-8-14(13)19-20-16)21-10-12-6-2-1-5-11(12)9-15(21)18(23)24/h1-8,15H,9-10H2,(H,19,20)(H,23,24)/t15-/m1/s1. The Morgan fingerprint density at radius 1 is 1.08 bits per heavy atom. The molecule has 2 heterocycles. The Bertz CT molecular complexity index is 947. The lowest BCUT2D eigenvalue weighted by Gasteiger charge is -2.34. The maximum atomic E-state index is 13.0. The molecule has 0 bridgehead atoms. The average Bonchev–Trinajstić information content (AvgIpc) is 3.04. The van der Waals surface area contributed by atoms with Crippen LogP contribution in [0.4, 0.5) is 0 Å². The van der Waals surface area contributed by atoms with E-state index in [0.29, 0.717) is 11.8 Å². The summed E-state index contributed by atoms with van der Waals surface area (Å²) < 4.78 is 0. The number of hydrogen-bond acceptors (Lipinski definition) is 3. The molecule has 24 heavy (non-hydrogen) atoms. The molecule has 0 saturated carbocycles. The molecule has 0 saturated heterocycles. The van der Waals surface area contributed by atoms with Gasteiger partial charge in [-0.2, -0.15) is 5.10 Å². The lowest BCUT2D eigenvalue weighted by molar-refractivity contribution is -0.142. The molecule has 2 aromatic carbocycles. The second-order valence-electron chi connectivity index (χ2n) is 5.88. The fourth-order valence-electron chi connectivity index (χ4n) is 3.22. The van der Waals surface area contributed by atoms with Crippen LogP contribution in [0.2, 0.25) is 0 Å². The Hall–Kier alpha value is -3.15. The van der Waals surface area contributed by atoms with Gasteiger partial charge in [-0.1, -0.05) is 42.5 Å². The summed E-state index contributed by atoms with van der Waals surface area (Å²) in [6.45, 7) is 0.271. The Kier molecular flexibility index (Phi) is 3.30. The molecule has 1 atom stereocenters. The molecular formula is C18H15N3O3. The fraction of sp³-hybridized carbons (Fsp3) is 0.167. The van der Waals surface area contributed by atoms with Gasteiger partial charge in [-0.25, -0.2) is 4.79 Å². The Labute approximate surface area is 137 Å². The third-order valence-electron chi connectivity index (χ3n) is 4.47. The van der Waals surface area contributed by atoms with E-state index in [1.54, 1.807) is 6.07 Å². The summed E-state index contributed by atoms with van der Waals surface area (Å²) in [5.41, 5.74) is 2.96. The number of nitrogens with one attached hydrogen (secondary N) is 1. The number of aromatic nitrogens is 2. The molecule has 0 fully saturated rings. The number of hydrogen-bond donors (Lipinski definition) is 2. The summed E-state index contributed by atoms with van der Waals surface area (Å²) >= 11 is 0. The van der Waals surface area contributed by atoms with Crippen molar-refractivity contribution in [3.63, 3.8) is 0 Å². The highest BCUT2D eigenvalue weighted by atomic mass is 16.4. The lowest BCUT2D eigenvalue weighted by Crippen LogP contribution is -2.48. The molecule has 1 aromatic heterocycles. The molecule has 0 spiro atoms. The van der Waals surface area contributed by atoms with Crippen LogP contribution in [0.1, 0.15) is 21.6 Å². The molecule has 0 radical (unpaired) electrons. The van der Waals surface area contributed by atoms with Crippen LogP contribution >= 0.6 is 0 Å². The highest BCUT2D eigenvalue weighted by Gasteiger charge is 2.36. The molecule has 1 aliphatic heterocycles. The number of nitrogens with zero attached hydrogens (tertiary/aromatic N) is 2. The SMILES string of the molecule is O=C(O)[C@H]1Cc2ccccc2CN1C(=O)c1n[nH]c2ccccc12. The summed E-state index contributed by atoms with van der Waals surface area (Å²) in [7, 11) is 0. The van der Waals surface area contributed by atoms with Crippen molar-refractivity contribution >= 4 is 22.8 Å². The largest absolute Gasteiger partial charge is 0.480 e. The van der Waals surface area contributed by atoms with E-state index in [1.165, 1.54) is 4.90 Å². The Morgan fingerprint density at radius 2 is 1.79 bits per heavy atom. The summed E-state index contributed by atoms with van der Waals surface area (Å²) in [4.78, 5) is 26.1. The van der Waals surface area contributed by atoms with Gasteiger partial charge in [0.25, 0.3) is 5.91 Å². The third kappa shape index (κ3) is 2.23. The minimum Gasteiger partial charge on any atom is -0.480 e. The molecule has 0 aliphatic carbocycles. The number of para-hydroxylation sites is 1. The molecule has 2 N–H and O–H groups in total. The maximum Gasteiger partial charge on any atom is 0.326 e. The van der Waals surface area contributed by atoms with E-state index in [9.17, 15) is 14.7 Å². The van der Waals surface area contributed by atoms with Crippen LogP contribution in [0.15, 0.2) is 48.5 Å². The molecule has 1 amide bonds. The van der Waals surface area contributed by atoms with Crippen molar-refractivity contribution in [1.82, 2.24) is 15.1 Å². The van der Waals surface area contributed by atoms with Gasteiger partial charge in [-0.05, 0) is 17.2 Å². The van der Waals surface area contributed by atoms with Crippen LogP contribution in [0.5, 0.6) is 0 Å². The van der Waals surface area contributed by atoms with Crippen molar-refractivity contribution in [3.05, 3.63) is 65.4 Å². The highest BCUT2D eigenvalue weighted by molar-refractivity contribution is 6.05. The third-order valence-corrected chi connectivity index (χ3v) is 4.47. The monoisotopic (exact) mass is 321 g/mol. The van der Waals surface area contributed by atoms with E-state index in [1.807, 2.05) is 42.5 Å². The number of benzene rings is 2. The normalized spacial score (nSPS) is 16.8. The van der Waals surface area contributed by atoms with Gasteiger partial charge in [-0.15, -0.1) is 0 Å². The van der Waals surface area contributed by atoms with Crippen LogP contribution in [0.25, 0.3) is 10.9 Å². The van der Waals surface area contributed by atoms with E-state index in [4.69, 9.17) is 0 Å². The van der Waals surface area contributed by atoms with Crippen LogP contribution in [-0.4, -0.2) is 38.1 Å². The van der Waals surface area contributed by atoms with Gasteiger partial charge in [0.15, 0.2) is 5.69 Å². The molecule has 1 aliphatic rings. The van der Waals surface area contributed by atoms with Crippen LogP contribution < -0.4 is 0 Å². The van der Waals surface area contributed by atoms with E-state index in [-0.39, 0.29) is 18.1 Å². The number of amides is 1. The number of carbonyl (C=O) groups is 2. The number of H-pyrrole nitrogens is 1. The molecular weight excluding hydrogens is 306 g/mol. The zero-order valence-corrected chi connectivity index (χ0v) is 12.8. The first kappa shape index (κ1) is 14.4. The van der Waals surface area contributed by atoms with E-state index >= 15 is 0 Å². The van der Waals surface area contributed by atoms with Crippen LogP contribution in [-0.2, 0) is 17.8 Å². The smallest absolute Gasteiger partial charge is 0.326 e. The van der Waals surface area contributed by atoms with Gasteiger partial charge in [-0.3, -0.25) is 9.89 Å². The van der Waals surface area contributed by atoms with Crippen molar-refractivity contribution in [2.24, 2.45) is 0 Å². The molecule has 6 nitrogen and oxygen atoms in total. The molecule has 6 heteroatoms. The predicted octanol–water partition coefficient (Wildman–Crippen LogP) is 2.21. The summed E-state index contributed by atoms with van der Waals surface area (Å²) in [5.74, 6) is -1.37. The summed E-state index contributed by atoms with van der Waals surface area (Å²) in [6, 6.07) is 14.1. The van der Waals surface area contributed by atoms with Crippen molar-refractivity contribution in [1.29, 1.82) is 0 Å². The van der Waals surface area contributed by atoms with Gasteiger partial charge in [0, 0.05) is 18.4 Å². The Balaban J connectivity index is 1.76. The second-order valence-corrected chi connectivity index (χ2v) is 5.88. The average molecular weight is 321 g/mol. The number of aromatic amines is 1. The van der Waals surface area contributed by atoms with E-state index < -0.39 is 12.0 Å². The number of fused-ring (bicyclic) bond motifs is 2. The quantitative estimate of drug-likeness (QED) is 0.758. The Morgan fingerprint density at radius 3 is 2.58 bits per heavy atom. The number of carbonyl (C=O) groups excluding carboxylic acids is 1. The first-order valence-corrected chi connectivity index (χ1v) is 7.69. The van der Waals surface area contributed by atoms with Crippen molar-refractivity contribution in [2.45, 2.75) is 19.0 Å². The van der Waals surface area contributed by atoms with Crippen LogP contribution in [0.3, 0.4) is 0 Å². The van der Waals surface area contributed by atoms with Gasteiger partial charge < -0.3 is 10.0 Å². The minimum atomic E-state index is -1.00. The molecule has 3 aromatic rings. The molecule has 120 valence electrons. The van der Waals surface area contributed by atoms with Gasteiger partial charge in [0.2, 0.25) is 0 Å². The number of rotatable bonds is 2. The van der Waals surface area contributed by atoms with Crippen molar-refractivity contribution in [2.75, 3.05) is 0 Å².